The number of hydrogen-bond acceptors (Lipinski definition) is 4. The first kappa shape index (κ1) is 17.8. The summed E-state index contributed by atoms with van der Waals surface area (Å²) in [7, 11) is 6.44. The third-order valence-corrected chi connectivity index (χ3v) is 1.62. The van der Waals surface area contributed by atoms with Gasteiger partial charge in [-0.2, -0.15) is 0 Å². The van der Waals surface area contributed by atoms with E-state index in [-0.39, 0.29) is 5.91 Å². The second-order valence-electron chi connectivity index (χ2n) is 4.38. The molecule has 0 bridgehead atoms. The van der Waals surface area contributed by atoms with Crippen molar-refractivity contribution in [2.24, 2.45) is 0 Å². The van der Waals surface area contributed by atoms with E-state index >= 15 is 0 Å². The lowest BCUT2D eigenvalue weighted by Crippen LogP contribution is -2.37. The Hall–Kier alpha value is -1.63. The van der Waals surface area contributed by atoms with Crippen molar-refractivity contribution in [3.8, 4) is 0 Å². The molecule has 0 aromatic heterocycles. The first-order chi connectivity index (χ1) is 7.69. The van der Waals surface area contributed by atoms with E-state index in [4.69, 9.17) is 15.3 Å². The highest BCUT2D eigenvalue weighted by Crippen LogP contribution is 1.91. The summed E-state index contributed by atoms with van der Waals surface area (Å²) in [6.45, 7) is 3.68. The quantitative estimate of drug-likeness (QED) is 0.252. The van der Waals surface area contributed by atoms with Gasteiger partial charge in [0, 0.05) is 13.0 Å². The van der Waals surface area contributed by atoms with Crippen molar-refractivity contribution in [1.82, 2.24) is 5.32 Å². The monoisotopic (exact) mass is 247 g/mol. The van der Waals surface area contributed by atoms with Gasteiger partial charge in [-0.1, -0.05) is 6.08 Å². The molecule has 0 fully saturated rings. The highest BCUT2D eigenvalue weighted by molar-refractivity contribution is 5.87. The van der Waals surface area contributed by atoms with E-state index in [1.807, 2.05) is 6.92 Å². The summed E-state index contributed by atoms with van der Waals surface area (Å²) in [5, 5.41) is 17.6. The molecule has 0 aliphatic carbocycles. The number of amides is 1. The molecular weight excluding hydrogens is 226 g/mol. The Morgan fingerprint density at radius 2 is 1.82 bits per heavy atom. The SMILES string of the molecule is CC=CC(=O)NCCC[N+](C)(C)C.O=[N+]([O-])[O-]. The van der Waals surface area contributed by atoms with Gasteiger partial charge in [-0.3, -0.25) is 4.79 Å². The predicted octanol–water partition coefficient (Wildman–Crippen LogP) is 0.536. The van der Waals surface area contributed by atoms with Crippen LogP contribution in [0.1, 0.15) is 13.3 Å². The zero-order chi connectivity index (χ0) is 13.9. The number of nitrogens with zero attached hydrogens (tertiary/aromatic N) is 2. The van der Waals surface area contributed by atoms with E-state index in [2.05, 4.69) is 26.5 Å². The van der Waals surface area contributed by atoms with Crippen LogP contribution in [-0.4, -0.2) is 49.7 Å². The average Bonchev–Trinajstić information content (AvgIpc) is 2.10. The largest absolute Gasteiger partial charge is 0.356 e. The van der Waals surface area contributed by atoms with Gasteiger partial charge in [0.15, 0.2) is 0 Å². The summed E-state index contributed by atoms with van der Waals surface area (Å²) in [5.41, 5.74) is 0. The van der Waals surface area contributed by atoms with Gasteiger partial charge in [0.2, 0.25) is 5.91 Å². The summed E-state index contributed by atoms with van der Waals surface area (Å²) in [6, 6.07) is 0. The first-order valence-corrected chi connectivity index (χ1v) is 5.21. The number of rotatable bonds is 5. The number of carbonyl (C=O) groups excluding carboxylic acids is 1. The molecular formula is C10H21N3O4. The molecule has 1 amide bonds. The molecule has 0 rings (SSSR count). The topological polar surface area (TPSA) is 95.3 Å². The second-order valence-corrected chi connectivity index (χ2v) is 4.38. The van der Waals surface area contributed by atoms with Crippen LogP contribution in [0, 0.1) is 15.3 Å². The van der Waals surface area contributed by atoms with Crippen LogP contribution >= 0.6 is 0 Å². The number of carbonyl (C=O) groups is 1. The van der Waals surface area contributed by atoms with Crippen LogP contribution in [0.4, 0.5) is 0 Å². The Kier molecular flexibility index (Phi) is 10.0. The van der Waals surface area contributed by atoms with E-state index in [1.54, 1.807) is 12.2 Å². The van der Waals surface area contributed by atoms with E-state index in [0.29, 0.717) is 0 Å². The zero-order valence-corrected chi connectivity index (χ0v) is 10.8. The highest BCUT2D eigenvalue weighted by Gasteiger charge is 2.05. The Balaban J connectivity index is 0. The minimum absolute atomic E-state index is 0.00362. The molecule has 7 heteroatoms. The Morgan fingerprint density at radius 1 is 1.35 bits per heavy atom. The van der Waals surface area contributed by atoms with Crippen molar-refractivity contribution in [3.63, 3.8) is 0 Å². The molecule has 0 aliphatic rings. The van der Waals surface area contributed by atoms with Crippen molar-refractivity contribution in [2.75, 3.05) is 34.2 Å². The van der Waals surface area contributed by atoms with Crippen LogP contribution in [0.2, 0.25) is 0 Å². The van der Waals surface area contributed by atoms with Crippen molar-refractivity contribution in [2.45, 2.75) is 13.3 Å². The van der Waals surface area contributed by atoms with Crippen LogP contribution in [-0.2, 0) is 4.79 Å². The first-order valence-electron chi connectivity index (χ1n) is 5.21. The average molecular weight is 247 g/mol. The zero-order valence-electron chi connectivity index (χ0n) is 10.8. The molecule has 0 spiro atoms. The van der Waals surface area contributed by atoms with Gasteiger partial charge >= 0.3 is 0 Å². The minimum Gasteiger partial charge on any atom is -0.356 e. The van der Waals surface area contributed by atoms with E-state index in [1.165, 1.54) is 0 Å². The fourth-order valence-corrected chi connectivity index (χ4v) is 0.975. The van der Waals surface area contributed by atoms with Crippen molar-refractivity contribution in [3.05, 3.63) is 27.5 Å². The summed E-state index contributed by atoms with van der Waals surface area (Å²) < 4.78 is 0.944. The number of allylic oxidation sites excluding steroid dienone is 1. The van der Waals surface area contributed by atoms with Crippen LogP contribution < -0.4 is 5.32 Å². The molecule has 0 saturated carbocycles. The molecule has 0 radical (unpaired) electrons. The van der Waals surface area contributed by atoms with Gasteiger partial charge in [0.05, 0.1) is 32.8 Å². The van der Waals surface area contributed by atoms with Crippen molar-refractivity contribution < 1.29 is 14.4 Å². The van der Waals surface area contributed by atoms with Gasteiger partial charge in [-0.05, 0) is 13.0 Å². The van der Waals surface area contributed by atoms with E-state index in [0.717, 1.165) is 24.0 Å². The van der Waals surface area contributed by atoms with Crippen LogP contribution in [0.3, 0.4) is 0 Å². The number of hydrogen-bond donors (Lipinski definition) is 1. The lowest BCUT2D eigenvalue weighted by molar-refractivity contribution is -0.870. The van der Waals surface area contributed by atoms with Gasteiger partial charge in [-0.25, -0.2) is 0 Å². The normalized spacial score (nSPS) is 10.6. The van der Waals surface area contributed by atoms with Gasteiger partial charge < -0.3 is 25.1 Å². The maximum atomic E-state index is 11.0. The predicted molar refractivity (Wildman–Crippen MR) is 65.7 cm³/mol. The molecule has 7 nitrogen and oxygen atoms in total. The van der Waals surface area contributed by atoms with Gasteiger partial charge in [0.1, 0.15) is 0 Å². The molecule has 1 N–H and O–H groups in total. The molecule has 0 heterocycles. The third kappa shape index (κ3) is 25.0. The van der Waals surface area contributed by atoms with Crippen LogP contribution in [0.15, 0.2) is 12.2 Å². The molecule has 0 unspecified atom stereocenters. The Morgan fingerprint density at radius 3 is 2.18 bits per heavy atom. The maximum absolute atomic E-state index is 11.0. The third-order valence-electron chi connectivity index (χ3n) is 1.62. The second kappa shape index (κ2) is 9.59. The summed E-state index contributed by atoms with van der Waals surface area (Å²) in [6.07, 6.45) is 4.31. The molecule has 0 atom stereocenters. The van der Waals surface area contributed by atoms with E-state index in [9.17, 15) is 4.79 Å². The molecule has 100 valence electrons. The summed E-state index contributed by atoms with van der Waals surface area (Å²) >= 11 is 0. The number of quaternary nitrogens is 1. The van der Waals surface area contributed by atoms with E-state index < -0.39 is 5.09 Å². The molecule has 0 aromatic rings. The highest BCUT2D eigenvalue weighted by atomic mass is 16.9. The maximum Gasteiger partial charge on any atom is 0.243 e. The molecule has 17 heavy (non-hydrogen) atoms. The van der Waals surface area contributed by atoms with Crippen LogP contribution in [0.25, 0.3) is 0 Å². The van der Waals surface area contributed by atoms with Crippen molar-refractivity contribution >= 4 is 5.91 Å². The van der Waals surface area contributed by atoms with Crippen molar-refractivity contribution in [1.29, 1.82) is 0 Å². The lowest BCUT2D eigenvalue weighted by atomic mass is 10.3. The minimum atomic E-state index is -1.75. The van der Waals surface area contributed by atoms with Crippen LogP contribution in [0.5, 0.6) is 0 Å². The lowest BCUT2D eigenvalue weighted by Gasteiger charge is -2.23. The smallest absolute Gasteiger partial charge is 0.243 e. The standard InChI is InChI=1S/C10H20N2O.NO3/c1-5-7-10(13)11-8-6-9-12(2,3)4;2-1(3)4/h5,7H,6,8-9H2,1-4H3;/q;-1/p+1. The van der Waals surface area contributed by atoms with Gasteiger partial charge in [0.25, 0.3) is 0 Å². The molecule has 0 saturated heterocycles. The molecule has 0 aliphatic heterocycles. The number of nitrogens with one attached hydrogen (secondary N) is 1. The molecule has 0 aromatic carbocycles. The fourth-order valence-electron chi connectivity index (χ4n) is 0.975. The summed E-state index contributed by atoms with van der Waals surface area (Å²) in [5.74, 6) is 0.00362. The van der Waals surface area contributed by atoms with Gasteiger partial charge in [-0.15, -0.1) is 0 Å². The Labute approximate surface area is 101 Å². The Bertz CT molecular complexity index is 255. The fraction of sp³-hybridized carbons (Fsp3) is 0.700. The summed E-state index contributed by atoms with van der Waals surface area (Å²) in [4.78, 5) is 19.2.